The van der Waals surface area contributed by atoms with Crippen LogP contribution in [0.1, 0.15) is 16.1 Å². The van der Waals surface area contributed by atoms with Crippen molar-refractivity contribution in [3.63, 3.8) is 0 Å². The van der Waals surface area contributed by atoms with Crippen LogP contribution in [-0.2, 0) is 7.05 Å². The van der Waals surface area contributed by atoms with E-state index >= 15 is 0 Å². The minimum Gasteiger partial charge on any atom is -0.477 e. The predicted octanol–water partition coefficient (Wildman–Crippen LogP) is 2.84. The number of aromatic nitrogens is 1. The van der Waals surface area contributed by atoms with Crippen molar-refractivity contribution in [1.29, 1.82) is 0 Å². The zero-order valence-electron chi connectivity index (χ0n) is 8.41. The van der Waals surface area contributed by atoms with Gasteiger partial charge in [-0.2, -0.15) is 0 Å². The van der Waals surface area contributed by atoms with Gasteiger partial charge in [0.15, 0.2) is 0 Å². The van der Waals surface area contributed by atoms with E-state index in [1.54, 1.807) is 23.7 Å². The van der Waals surface area contributed by atoms with Crippen LogP contribution in [0, 0.1) is 6.92 Å². The van der Waals surface area contributed by atoms with Gasteiger partial charge in [-0.05, 0) is 30.7 Å². The number of fused-ring (bicyclic) bond motifs is 1. The Morgan fingerprint density at radius 3 is 2.67 bits per heavy atom. The molecule has 0 aliphatic carbocycles. The van der Waals surface area contributed by atoms with E-state index in [9.17, 15) is 4.79 Å². The largest absolute Gasteiger partial charge is 0.477 e. The van der Waals surface area contributed by atoms with Gasteiger partial charge in [-0.15, -0.1) is 0 Å². The van der Waals surface area contributed by atoms with Gasteiger partial charge >= 0.3 is 5.97 Å². The number of aryl methyl sites for hydroxylation is 2. The zero-order chi connectivity index (χ0) is 11.2. The molecule has 0 aliphatic rings. The van der Waals surface area contributed by atoms with Gasteiger partial charge < -0.3 is 9.67 Å². The highest BCUT2D eigenvalue weighted by molar-refractivity contribution is 6.31. The van der Waals surface area contributed by atoms with E-state index in [0.717, 1.165) is 16.5 Å². The Balaban J connectivity index is 2.88. The lowest BCUT2D eigenvalue weighted by Gasteiger charge is -2.03. The summed E-state index contributed by atoms with van der Waals surface area (Å²) < 4.78 is 1.67. The number of halogens is 1. The Morgan fingerprint density at radius 1 is 1.40 bits per heavy atom. The van der Waals surface area contributed by atoms with Gasteiger partial charge in [-0.25, -0.2) is 4.79 Å². The van der Waals surface area contributed by atoms with Crippen molar-refractivity contribution in [3.05, 3.63) is 34.5 Å². The number of carboxylic acids is 1. The van der Waals surface area contributed by atoms with Crippen LogP contribution in [0.25, 0.3) is 10.9 Å². The molecule has 1 aromatic heterocycles. The average molecular weight is 224 g/mol. The summed E-state index contributed by atoms with van der Waals surface area (Å²) in [4.78, 5) is 10.9. The summed E-state index contributed by atoms with van der Waals surface area (Å²) >= 11 is 5.91. The fraction of sp³-hybridized carbons (Fsp3) is 0.182. The van der Waals surface area contributed by atoms with Crippen LogP contribution in [0.5, 0.6) is 0 Å². The molecular weight excluding hydrogens is 214 g/mol. The second kappa shape index (κ2) is 3.28. The Kier molecular flexibility index (Phi) is 2.20. The molecule has 0 atom stereocenters. The topological polar surface area (TPSA) is 42.2 Å². The molecular formula is C11H10ClNO2. The van der Waals surface area contributed by atoms with Crippen LogP contribution in [0.15, 0.2) is 18.2 Å². The second-order valence-corrected chi connectivity index (χ2v) is 3.99. The van der Waals surface area contributed by atoms with Crippen LogP contribution in [0.2, 0.25) is 5.02 Å². The Labute approximate surface area is 91.9 Å². The van der Waals surface area contributed by atoms with E-state index in [-0.39, 0.29) is 5.69 Å². The van der Waals surface area contributed by atoms with Crippen LogP contribution in [-0.4, -0.2) is 15.6 Å². The number of aromatic carboxylic acids is 1. The predicted molar refractivity (Wildman–Crippen MR) is 59.6 cm³/mol. The molecule has 3 nitrogen and oxygen atoms in total. The number of carboxylic acid groups (broad SMARTS) is 1. The fourth-order valence-corrected chi connectivity index (χ4v) is 2.18. The van der Waals surface area contributed by atoms with Gasteiger partial charge in [0.1, 0.15) is 5.69 Å². The number of hydrogen-bond acceptors (Lipinski definition) is 1. The summed E-state index contributed by atoms with van der Waals surface area (Å²) in [5.41, 5.74) is 2.17. The third-order valence-electron chi connectivity index (χ3n) is 2.50. The number of hydrogen-bond donors (Lipinski definition) is 1. The standard InChI is InChI=1S/C11H10ClNO2/c1-6-3-8(12)4-7-5-9(11(14)15)13(2)10(6)7/h3-5H,1-2H3,(H,14,15). The van der Waals surface area contributed by atoms with Crippen molar-refractivity contribution < 1.29 is 9.90 Å². The quantitative estimate of drug-likeness (QED) is 0.808. The Morgan fingerprint density at radius 2 is 2.07 bits per heavy atom. The first kappa shape index (κ1) is 10.1. The van der Waals surface area contributed by atoms with E-state index in [0.29, 0.717) is 5.02 Å². The maximum absolute atomic E-state index is 10.9. The molecule has 78 valence electrons. The van der Waals surface area contributed by atoms with Gasteiger partial charge in [0.2, 0.25) is 0 Å². The lowest BCUT2D eigenvalue weighted by Crippen LogP contribution is -2.04. The lowest BCUT2D eigenvalue weighted by molar-refractivity contribution is 0.0687. The molecule has 2 rings (SSSR count). The molecule has 0 saturated heterocycles. The summed E-state index contributed by atoms with van der Waals surface area (Å²) in [5.74, 6) is -0.927. The average Bonchev–Trinajstić information content (AvgIpc) is 2.42. The lowest BCUT2D eigenvalue weighted by atomic mass is 10.2. The van der Waals surface area contributed by atoms with Gasteiger partial charge in [-0.1, -0.05) is 11.6 Å². The number of nitrogens with zero attached hydrogens (tertiary/aromatic N) is 1. The molecule has 1 aromatic carbocycles. The maximum atomic E-state index is 10.9. The van der Waals surface area contributed by atoms with Gasteiger partial charge in [0.05, 0.1) is 5.52 Å². The molecule has 0 amide bonds. The summed E-state index contributed by atoms with van der Waals surface area (Å²) in [6, 6.07) is 5.24. The number of benzene rings is 1. The molecule has 0 fully saturated rings. The fourth-order valence-electron chi connectivity index (χ4n) is 1.90. The first-order valence-corrected chi connectivity index (χ1v) is 4.87. The van der Waals surface area contributed by atoms with Crippen molar-refractivity contribution in [2.75, 3.05) is 0 Å². The highest BCUT2D eigenvalue weighted by atomic mass is 35.5. The van der Waals surface area contributed by atoms with Gasteiger partial charge in [0, 0.05) is 17.5 Å². The highest BCUT2D eigenvalue weighted by Gasteiger charge is 2.13. The normalized spacial score (nSPS) is 10.9. The van der Waals surface area contributed by atoms with Crippen molar-refractivity contribution in [1.82, 2.24) is 4.57 Å². The van der Waals surface area contributed by atoms with E-state index in [1.165, 1.54) is 0 Å². The molecule has 1 N–H and O–H groups in total. The van der Waals surface area contributed by atoms with Crippen LogP contribution >= 0.6 is 11.6 Å². The summed E-state index contributed by atoms with van der Waals surface area (Å²) in [6.07, 6.45) is 0. The second-order valence-electron chi connectivity index (χ2n) is 3.55. The molecule has 1 heterocycles. The third kappa shape index (κ3) is 1.49. The minimum absolute atomic E-state index is 0.273. The minimum atomic E-state index is -0.927. The molecule has 15 heavy (non-hydrogen) atoms. The van der Waals surface area contributed by atoms with E-state index < -0.39 is 5.97 Å². The van der Waals surface area contributed by atoms with Crippen molar-refractivity contribution in [3.8, 4) is 0 Å². The monoisotopic (exact) mass is 223 g/mol. The van der Waals surface area contributed by atoms with E-state index in [4.69, 9.17) is 16.7 Å². The van der Waals surface area contributed by atoms with Crippen LogP contribution in [0.3, 0.4) is 0 Å². The van der Waals surface area contributed by atoms with Gasteiger partial charge in [-0.3, -0.25) is 0 Å². The van der Waals surface area contributed by atoms with Crippen molar-refractivity contribution >= 4 is 28.5 Å². The van der Waals surface area contributed by atoms with E-state index in [1.807, 2.05) is 13.0 Å². The summed E-state index contributed by atoms with van der Waals surface area (Å²) in [7, 11) is 1.74. The molecule has 4 heteroatoms. The Bertz CT molecular complexity index is 557. The van der Waals surface area contributed by atoms with E-state index in [2.05, 4.69) is 0 Å². The summed E-state index contributed by atoms with van der Waals surface area (Å²) in [5, 5.41) is 10.5. The SMILES string of the molecule is Cc1cc(Cl)cc2cc(C(=O)O)n(C)c12. The van der Waals surface area contributed by atoms with Crippen LogP contribution < -0.4 is 0 Å². The first-order valence-electron chi connectivity index (χ1n) is 4.49. The number of carbonyl (C=O) groups is 1. The highest BCUT2D eigenvalue weighted by Crippen LogP contribution is 2.26. The molecule has 0 aliphatic heterocycles. The number of rotatable bonds is 1. The van der Waals surface area contributed by atoms with Gasteiger partial charge in [0.25, 0.3) is 0 Å². The molecule has 0 radical (unpaired) electrons. The maximum Gasteiger partial charge on any atom is 0.352 e. The molecule has 0 spiro atoms. The zero-order valence-corrected chi connectivity index (χ0v) is 9.17. The smallest absolute Gasteiger partial charge is 0.352 e. The Hall–Kier alpha value is -1.48. The van der Waals surface area contributed by atoms with Crippen molar-refractivity contribution in [2.24, 2.45) is 7.05 Å². The molecule has 0 unspecified atom stereocenters. The summed E-state index contributed by atoms with van der Waals surface area (Å²) in [6.45, 7) is 1.92. The van der Waals surface area contributed by atoms with Crippen LogP contribution in [0.4, 0.5) is 0 Å². The molecule has 0 saturated carbocycles. The molecule has 2 aromatic rings. The third-order valence-corrected chi connectivity index (χ3v) is 2.72. The first-order chi connectivity index (χ1) is 7.00. The molecule has 0 bridgehead atoms. The van der Waals surface area contributed by atoms with Crippen molar-refractivity contribution in [2.45, 2.75) is 6.92 Å².